The Morgan fingerprint density at radius 3 is 2.58 bits per heavy atom. The van der Waals surface area contributed by atoms with Gasteiger partial charge in [0, 0.05) is 34.8 Å². The van der Waals surface area contributed by atoms with Crippen LogP contribution in [0.3, 0.4) is 0 Å². The van der Waals surface area contributed by atoms with E-state index in [2.05, 4.69) is 10.3 Å². The number of aromatic nitrogens is 1. The van der Waals surface area contributed by atoms with Crippen molar-refractivity contribution < 1.29 is 19.4 Å². The Morgan fingerprint density at radius 2 is 1.87 bits per heavy atom. The lowest BCUT2D eigenvalue weighted by atomic mass is 9.82. The third kappa shape index (κ3) is 2.41. The highest BCUT2D eigenvalue weighted by Gasteiger charge is 2.72. The number of ether oxygens (including phenoxy) is 1. The maximum atomic E-state index is 13.8. The highest BCUT2D eigenvalue weighted by Crippen LogP contribution is 2.59. The maximum absolute atomic E-state index is 13.8. The molecule has 0 saturated carbocycles. The largest absolute Gasteiger partial charge is 0.454 e. The zero-order valence-electron chi connectivity index (χ0n) is 17.0. The number of carbonyl (C=O) groups is 2. The van der Waals surface area contributed by atoms with Crippen molar-refractivity contribution in [2.75, 3.05) is 5.73 Å². The molecule has 1 aliphatic carbocycles. The average Bonchev–Trinajstić information content (AvgIpc) is 3.12. The fourth-order valence-electron chi connectivity index (χ4n) is 4.49. The molecule has 5 rings (SSSR count). The molecule has 7 nitrogen and oxygen atoms in total. The minimum absolute atomic E-state index is 0.151. The summed E-state index contributed by atoms with van der Waals surface area (Å²) in [6.45, 7) is 4.07. The van der Waals surface area contributed by atoms with Crippen LogP contribution in [0.2, 0.25) is 0 Å². The van der Waals surface area contributed by atoms with Gasteiger partial charge in [-0.1, -0.05) is 38.1 Å². The van der Waals surface area contributed by atoms with Crippen LogP contribution in [-0.2, 0) is 11.3 Å². The summed E-state index contributed by atoms with van der Waals surface area (Å²) in [5.74, 6) is -2.61. The molecule has 0 saturated heterocycles. The first-order valence-corrected chi connectivity index (χ1v) is 10.0. The number of benzene rings is 2. The van der Waals surface area contributed by atoms with Crippen molar-refractivity contribution in [3.05, 3.63) is 88.7 Å². The zero-order valence-corrected chi connectivity index (χ0v) is 17.0. The van der Waals surface area contributed by atoms with E-state index >= 15 is 0 Å². The van der Waals surface area contributed by atoms with Gasteiger partial charge in [0.25, 0.3) is 11.7 Å². The van der Waals surface area contributed by atoms with E-state index in [0.717, 1.165) is 5.56 Å². The highest BCUT2D eigenvalue weighted by atomic mass is 16.6. The summed E-state index contributed by atoms with van der Waals surface area (Å²) < 4.78 is 6.05. The van der Waals surface area contributed by atoms with Gasteiger partial charge in [-0.25, -0.2) is 0 Å². The third-order valence-corrected chi connectivity index (χ3v) is 6.12. The van der Waals surface area contributed by atoms with Crippen molar-refractivity contribution in [1.82, 2.24) is 10.3 Å². The SMILES string of the molecule is CC(C)c1ccc2c(c1)OC1(O)c3cccc(N)c3C(=O)C21NC(=O)c1ccncc1. The summed E-state index contributed by atoms with van der Waals surface area (Å²) >= 11 is 0. The molecule has 31 heavy (non-hydrogen) atoms. The molecule has 1 aromatic heterocycles. The molecule has 2 unspecified atom stereocenters. The van der Waals surface area contributed by atoms with Crippen LogP contribution in [0.15, 0.2) is 60.9 Å². The molecule has 4 N–H and O–H groups in total. The van der Waals surface area contributed by atoms with Gasteiger partial charge < -0.3 is 20.9 Å². The van der Waals surface area contributed by atoms with Gasteiger partial charge in [0.15, 0.2) is 0 Å². The van der Waals surface area contributed by atoms with Crippen LogP contribution in [0.4, 0.5) is 5.69 Å². The second-order valence-electron chi connectivity index (χ2n) is 8.20. The number of hydrogen-bond donors (Lipinski definition) is 3. The van der Waals surface area contributed by atoms with E-state index in [1.54, 1.807) is 30.3 Å². The van der Waals surface area contributed by atoms with Crippen LogP contribution in [0.25, 0.3) is 0 Å². The monoisotopic (exact) mass is 415 g/mol. The summed E-state index contributed by atoms with van der Waals surface area (Å²) in [6.07, 6.45) is 2.96. The van der Waals surface area contributed by atoms with Crippen molar-refractivity contribution in [2.24, 2.45) is 0 Å². The number of nitrogen functional groups attached to an aromatic ring is 1. The number of aliphatic hydroxyl groups is 1. The van der Waals surface area contributed by atoms with Crippen molar-refractivity contribution in [3.8, 4) is 5.75 Å². The van der Waals surface area contributed by atoms with Crippen molar-refractivity contribution >= 4 is 17.4 Å². The van der Waals surface area contributed by atoms with Crippen LogP contribution in [0, 0.1) is 0 Å². The van der Waals surface area contributed by atoms with Gasteiger partial charge in [-0.05, 0) is 35.7 Å². The fourth-order valence-corrected chi connectivity index (χ4v) is 4.49. The number of nitrogens with two attached hydrogens (primary N) is 1. The topological polar surface area (TPSA) is 115 Å². The Bertz CT molecular complexity index is 1240. The molecule has 0 bridgehead atoms. The van der Waals surface area contributed by atoms with E-state index in [0.29, 0.717) is 16.9 Å². The van der Waals surface area contributed by atoms with Crippen molar-refractivity contribution in [2.45, 2.75) is 31.1 Å². The quantitative estimate of drug-likeness (QED) is 0.567. The predicted molar refractivity (Wildman–Crippen MR) is 114 cm³/mol. The van der Waals surface area contributed by atoms with Crippen LogP contribution in [-0.4, -0.2) is 21.8 Å². The van der Waals surface area contributed by atoms with E-state index in [1.165, 1.54) is 24.5 Å². The molecule has 2 aliphatic rings. The number of pyridine rings is 1. The lowest BCUT2D eigenvalue weighted by molar-refractivity contribution is -0.169. The molecular formula is C24H21N3O4. The minimum Gasteiger partial charge on any atom is -0.454 e. The number of hydrogen-bond acceptors (Lipinski definition) is 6. The highest BCUT2D eigenvalue weighted by molar-refractivity contribution is 6.16. The number of carbonyl (C=O) groups excluding carboxylic acids is 2. The Labute approximate surface area is 178 Å². The number of rotatable bonds is 3. The van der Waals surface area contributed by atoms with Gasteiger partial charge in [0.2, 0.25) is 11.3 Å². The summed E-state index contributed by atoms with van der Waals surface area (Å²) in [5.41, 5.74) is 6.51. The van der Waals surface area contributed by atoms with Crippen LogP contribution >= 0.6 is 0 Å². The van der Waals surface area contributed by atoms with Crippen LogP contribution in [0.1, 0.15) is 57.2 Å². The Balaban J connectivity index is 1.74. The number of anilines is 1. The van der Waals surface area contributed by atoms with Gasteiger partial charge in [0.05, 0.1) is 5.56 Å². The summed E-state index contributed by atoms with van der Waals surface area (Å²) in [6, 6.07) is 13.3. The molecule has 0 spiro atoms. The van der Waals surface area contributed by atoms with Gasteiger partial charge in [-0.2, -0.15) is 0 Å². The van der Waals surface area contributed by atoms with E-state index in [9.17, 15) is 14.7 Å². The Kier molecular flexibility index (Phi) is 3.97. The van der Waals surface area contributed by atoms with Gasteiger partial charge >= 0.3 is 0 Å². The number of Topliss-reactive ketones (excluding diaryl/α,β-unsaturated/α-hetero) is 1. The number of nitrogens with one attached hydrogen (secondary N) is 1. The van der Waals surface area contributed by atoms with Gasteiger partial charge in [-0.15, -0.1) is 0 Å². The number of ketones is 1. The van der Waals surface area contributed by atoms with Crippen LogP contribution < -0.4 is 15.8 Å². The molecule has 7 heteroatoms. The number of fused-ring (bicyclic) bond motifs is 5. The van der Waals surface area contributed by atoms with Crippen LogP contribution in [0.5, 0.6) is 5.75 Å². The molecule has 2 aromatic carbocycles. The molecule has 156 valence electrons. The van der Waals surface area contributed by atoms with Crippen molar-refractivity contribution in [3.63, 3.8) is 0 Å². The lowest BCUT2D eigenvalue weighted by Crippen LogP contribution is -2.60. The van der Waals surface area contributed by atoms with E-state index in [4.69, 9.17) is 10.5 Å². The molecule has 1 amide bonds. The second kappa shape index (κ2) is 6.39. The molecule has 2 heterocycles. The summed E-state index contributed by atoms with van der Waals surface area (Å²) in [5, 5.41) is 14.6. The lowest BCUT2D eigenvalue weighted by Gasteiger charge is -2.34. The second-order valence-corrected chi connectivity index (χ2v) is 8.20. The molecular weight excluding hydrogens is 394 g/mol. The van der Waals surface area contributed by atoms with E-state index < -0.39 is 23.0 Å². The zero-order chi connectivity index (χ0) is 22.0. The first kappa shape index (κ1) is 19.3. The third-order valence-electron chi connectivity index (χ3n) is 6.12. The maximum Gasteiger partial charge on any atom is 0.271 e. The van der Waals surface area contributed by atoms with E-state index in [1.807, 2.05) is 19.9 Å². The Hall–Kier alpha value is -3.71. The van der Waals surface area contributed by atoms with Gasteiger partial charge in [-0.3, -0.25) is 14.6 Å². The average molecular weight is 415 g/mol. The molecule has 0 fully saturated rings. The fraction of sp³-hybridized carbons (Fsp3) is 0.208. The minimum atomic E-state index is -2.13. The molecule has 0 radical (unpaired) electrons. The van der Waals surface area contributed by atoms with Crippen molar-refractivity contribution in [1.29, 1.82) is 0 Å². The number of amides is 1. The summed E-state index contributed by atoms with van der Waals surface area (Å²) in [7, 11) is 0. The standard InChI is InChI=1S/C24H21N3O4/c1-13(2)15-6-7-16-19(12-15)31-24(30)17-4-3-5-18(25)20(17)21(28)23(16,24)27-22(29)14-8-10-26-11-9-14/h3-13,30H,25H2,1-2H3,(H,27,29). The first-order valence-electron chi connectivity index (χ1n) is 10.0. The van der Waals surface area contributed by atoms with Gasteiger partial charge in [0.1, 0.15) is 5.75 Å². The smallest absolute Gasteiger partial charge is 0.271 e. The normalized spacial score (nSPS) is 23.2. The predicted octanol–water partition coefficient (Wildman–Crippen LogP) is 2.85. The summed E-state index contributed by atoms with van der Waals surface area (Å²) in [4.78, 5) is 30.9. The Morgan fingerprint density at radius 1 is 1.13 bits per heavy atom. The molecule has 1 aliphatic heterocycles. The number of nitrogens with zero attached hydrogens (tertiary/aromatic N) is 1. The van der Waals surface area contributed by atoms with E-state index in [-0.39, 0.29) is 22.7 Å². The molecule has 2 atom stereocenters. The molecule has 3 aromatic rings. The first-order chi connectivity index (χ1) is 14.8.